The fourth-order valence-corrected chi connectivity index (χ4v) is 2.44. The van der Waals surface area contributed by atoms with Crippen LogP contribution >= 0.6 is 0 Å². The first-order valence-corrected chi connectivity index (χ1v) is 6.60. The van der Waals surface area contributed by atoms with E-state index in [2.05, 4.69) is 0 Å². The third-order valence-corrected chi connectivity index (χ3v) is 3.31. The molecule has 0 aromatic carbocycles. The summed E-state index contributed by atoms with van der Waals surface area (Å²) >= 11 is 0. The number of carbonyl (C=O) groups is 2. The molecule has 1 heterocycles. The zero-order valence-corrected chi connectivity index (χ0v) is 12.3. The summed E-state index contributed by atoms with van der Waals surface area (Å²) in [6.45, 7) is 9.41. The van der Waals surface area contributed by atoms with Crippen molar-refractivity contribution >= 4 is 12.2 Å². The Morgan fingerprint density at radius 2 is 1.95 bits per heavy atom. The minimum atomic E-state index is -1.18. The summed E-state index contributed by atoms with van der Waals surface area (Å²) in [4.78, 5) is 23.9. The van der Waals surface area contributed by atoms with Gasteiger partial charge >= 0.3 is 12.2 Å². The van der Waals surface area contributed by atoms with Crippen molar-refractivity contribution in [3.05, 3.63) is 0 Å². The van der Waals surface area contributed by atoms with E-state index in [4.69, 9.17) is 9.47 Å². The van der Waals surface area contributed by atoms with Crippen molar-refractivity contribution in [1.82, 2.24) is 0 Å². The molecule has 1 rings (SSSR count). The lowest BCUT2D eigenvalue weighted by atomic mass is 10.2. The monoisotopic (exact) mass is 274 g/mol. The van der Waals surface area contributed by atoms with Gasteiger partial charge in [0, 0.05) is 13.0 Å². The number of nitrogens with zero attached hydrogens (tertiary/aromatic N) is 1. The van der Waals surface area contributed by atoms with Gasteiger partial charge in [0.05, 0.1) is 0 Å². The molecule has 3 atom stereocenters. The van der Waals surface area contributed by atoms with Gasteiger partial charge in [-0.2, -0.15) is 9.59 Å². The van der Waals surface area contributed by atoms with Crippen LogP contribution in [0.2, 0.25) is 0 Å². The molecule has 6 nitrogen and oxygen atoms in total. The fourth-order valence-electron chi connectivity index (χ4n) is 2.44. The number of likely N-dealkylation sites (tertiary alicyclic amines) is 1. The van der Waals surface area contributed by atoms with Gasteiger partial charge in [-0.1, -0.05) is 0 Å². The highest BCUT2D eigenvalue weighted by Crippen LogP contribution is 2.32. The van der Waals surface area contributed by atoms with Crippen molar-refractivity contribution < 1.29 is 28.7 Å². The lowest BCUT2D eigenvalue weighted by molar-refractivity contribution is -0.798. The maximum Gasteiger partial charge on any atom is 0.527 e. The van der Waals surface area contributed by atoms with Crippen LogP contribution in [0.1, 0.15) is 41.0 Å². The predicted octanol–water partition coefficient (Wildman–Crippen LogP) is 2.61. The molecule has 0 aromatic heterocycles. The van der Waals surface area contributed by atoms with Crippen molar-refractivity contribution in [2.75, 3.05) is 13.2 Å². The SMILES string of the molecule is CCOC1C[C@@H](C)[N+](C(=O)O)(C(=O)OC(C)(C)C)C1. The Morgan fingerprint density at radius 1 is 1.37 bits per heavy atom. The minimum Gasteiger partial charge on any atom is -0.435 e. The fraction of sp³-hybridized carbons (Fsp3) is 0.846. The molecule has 0 aliphatic carbocycles. The van der Waals surface area contributed by atoms with Crippen LogP contribution < -0.4 is 0 Å². The minimum absolute atomic E-state index is 0.124. The molecule has 0 spiro atoms. The van der Waals surface area contributed by atoms with Gasteiger partial charge in [0.15, 0.2) is 0 Å². The molecule has 1 aliphatic heterocycles. The molecule has 1 fully saturated rings. The van der Waals surface area contributed by atoms with Crippen LogP contribution in [0.25, 0.3) is 0 Å². The first-order chi connectivity index (χ1) is 8.63. The summed E-state index contributed by atoms with van der Waals surface area (Å²) in [5, 5.41) is 9.50. The number of hydrogen-bond donors (Lipinski definition) is 1. The molecule has 1 saturated heterocycles. The number of rotatable bonds is 2. The molecule has 2 unspecified atom stereocenters. The third kappa shape index (κ3) is 3.25. The summed E-state index contributed by atoms with van der Waals surface area (Å²) in [6.07, 6.45) is -1.57. The summed E-state index contributed by atoms with van der Waals surface area (Å²) in [6, 6.07) is -0.358. The van der Waals surface area contributed by atoms with E-state index >= 15 is 0 Å². The maximum absolute atomic E-state index is 12.3. The van der Waals surface area contributed by atoms with Crippen molar-refractivity contribution in [2.24, 2.45) is 0 Å². The van der Waals surface area contributed by atoms with E-state index in [9.17, 15) is 14.7 Å². The number of quaternary nitrogens is 1. The van der Waals surface area contributed by atoms with Gasteiger partial charge in [-0.3, -0.25) is 0 Å². The van der Waals surface area contributed by atoms with Crippen LogP contribution in [0.4, 0.5) is 9.59 Å². The molecule has 110 valence electrons. The van der Waals surface area contributed by atoms with Crippen molar-refractivity contribution in [3.8, 4) is 0 Å². The first kappa shape index (κ1) is 15.9. The number of carbonyl (C=O) groups excluding carboxylic acids is 1. The molecule has 0 radical (unpaired) electrons. The number of amides is 2. The second kappa shape index (κ2) is 5.46. The second-order valence-electron chi connectivity index (χ2n) is 5.98. The summed E-state index contributed by atoms with van der Waals surface area (Å²) in [5.41, 5.74) is -0.707. The zero-order valence-electron chi connectivity index (χ0n) is 12.3. The molecule has 2 amide bonds. The van der Waals surface area contributed by atoms with Crippen molar-refractivity contribution in [3.63, 3.8) is 0 Å². The highest BCUT2D eigenvalue weighted by Gasteiger charge is 2.59. The molecule has 6 heteroatoms. The highest BCUT2D eigenvalue weighted by atomic mass is 16.6. The van der Waals surface area contributed by atoms with Gasteiger partial charge in [0.25, 0.3) is 0 Å². The van der Waals surface area contributed by atoms with Gasteiger partial charge in [0.2, 0.25) is 0 Å². The maximum atomic E-state index is 12.3. The number of hydrogen-bond acceptors (Lipinski definition) is 4. The van der Waals surface area contributed by atoms with Crippen molar-refractivity contribution in [1.29, 1.82) is 0 Å². The van der Waals surface area contributed by atoms with Gasteiger partial charge in [-0.25, -0.2) is 0 Å². The Morgan fingerprint density at radius 3 is 2.37 bits per heavy atom. The van der Waals surface area contributed by atoms with Crippen molar-refractivity contribution in [2.45, 2.75) is 58.8 Å². The predicted molar refractivity (Wildman–Crippen MR) is 68.9 cm³/mol. The number of carboxylic acid groups (broad SMARTS) is 1. The molecule has 0 aromatic rings. The van der Waals surface area contributed by atoms with Crippen LogP contribution in [-0.2, 0) is 9.47 Å². The largest absolute Gasteiger partial charge is 0.527 e. The van der Waals surface area contributed by atoms with Gasteiger partial charge in [0.1, 0.15) is 24.3 Å². The normalized spacial score (nSPS) is 31.2. The molecule has 19 heavy (non-hydrogen) atoms. The average Bonchev–Trinajstić information content (AvgIpc) is 2.54. The van der Waals surface area contributed by atoms with Crippen LogP contribution in [0.15, 0.2) is 0 Å². The van der Waals surface area contributed by atoms with Gasteiger partial charge in [-0.05, 0) is 34.6 Å². The Bertz CT molecular complexity index is 363. The van der Waals surface area contributed by atoms with E-state index in [1.165, 1.54) is 0 Å². The van der Waals surface area contributed by atoms with E-state index in [1.54, 1.807) is 27.7 Å². The Kier molecular flexibility index (Phi) is 4.58. The van der Waals surface area contributed by atoms with E-state index in [0.29, 0.717) is 13.0 Å². The first-order valence-electron chi connectivity index (χ1n) is 6.60. The second-order valence-corrected chi connectivity index (χ2v) is 5.98. The standard InChI is InChI=1S/C13H23NO5/c1-6-18-10-7-9(2)14(8-10,11(15)16)12(17)19-13(3,4)5/h9-10H,6-8H2,1-5H3/p+1/t9-,10?,14?/m1/s1. The molecule has 1 aliphatic rings. The molecule has 1 N–H and O–H groups in total. The quantitative estimate of drug-likeness (QED) is 0.784. The van der Waals surface area contributed by atoms with E-state index < -0.39 is 22.3 Å². The van der Waals surface area contributed by atoms with Gasteiger partial charge in [-0.15, -0.1) is 4.48 Å². The smallest absolute Gasteiger partial charge is 0.435 e. The molecule has 0 saturated carbocycles. The Hall–Kier alpha value is -1.14. The average molecular weight is 274 g/mol. The molecular weight excluding hydrogens is 250 g/mol. The summed E-state index contributed by atoms with van der Waals surface area (Å²) < 4.78 is 10.0. The summed E-state index contributed by atoms with van der Waals surface area (Å²) in [5.74, 6) is 0. The molecule has 0 bridgehead atoms. The third-order valence-electron chi connectivity index (χ3n) is 3.31. The van der Waals surface area contributed by atoms with Gasteiger partial charge < -0.3 is 14.6 Å². The number of ether oxygens (including phenoxy) is 2. The lowest BCUT2D eigenvalue weighted by Crippen LogP contribution is -2.60. The Labute approximate surface area is 113 Å². The van der Waals surface area contributed by atoms with Crippen LogP contribution in [0.3, 0.4) is 0 Å². The highest BCUT2D eigenvalue weighted by molar-refractivity contribution is 5.76. The van der Waals surface area contributed by atoms with E-state index in [1.807, 2.05) is 6.92 Å². The topological polar surface area (TPSA) is 72.8 Å². The Balaban J connectivity index is 2.99. The summed E-state index contributed by atoms with van der Waals surface area (Å²) in [7, 11) is 0. The lowest BCUT2D eigenvalue weighted by Gasteiger charge is -2.31. The van der Waals surface area contributed by atoms with E-state index in [-0.39, 0.29) is 18.7 Å². The van der Waals surface area contributed by atoms with Crippen LogP contribution in [0.5, 0.6) is 0 Å². The van der Waals surface area contributed by atoms with Crippen LogP contribution in [0, 0.1) is 0 Å². The molecular formula is C13H24NO5+. The van der Waals surface area contributed by atoms with Crippen LogP contribution in [-0.4, -0.2) is 52.7 Å². The number of imide groups is 1. The zero-order chi connectivity index (χ0) is 14.8. The van der Waals surface area contributed by atoms with E-state index in [0.717, 1.165) is 0 Å².